The maximum absolute atomic E-state index is 13.8. The zero-order chi connectivity index (χ0) is 15.7. The fraction of sp³-hybridized carbons (Fsp3) is 0.267. The van der Waals surface area contributed by atoms with Crippen LogP contribution in [0.2, 0.25) is 0 Å². The van der Waals surface area contributed by atoms with Crippen molar-refractivity contribution < 1.29 is 18.7 Å². The van der Waals surface area contributed by atoms with Gasteiger partial charge in [0.2, 0.25) is 0 Å². The largest absolute Gasteiger partial charge is 0.478 e. The zero-order valence-electron chi connectivity index (χ0n) is 11.8. The molecule has 1 unspecified atom stereocenters. The molecule has 0 amide bonds. The van der Waals surface area contributed by atoms with Gasteiger partial charge in [0.25, 0.3) is 0 Å². The predicted molar refractivity (Wildman–Crippen MR) is 79.1 cm³/mol. The quantitative estimate of drug-likeness (QED) is 0.873. The lowest BCUT2D eigenvalue weighted by Crippen LogP contribution is -2.10. The van der Waals surface area contributed by atoms with Crippen LogP contribution in [0.4, 0.5) is 14.5 Å². The number of aryl methyl sites for hydroxylation is 2. The lowest BCUT2D eigenvalue weighted by atomic mass is 10.1. The molecule has 0 aliphatic carbocycles. The van der Waals surface area contributed by atoms with Gasteiger partial charge in [-0.2, -0.15) is 0 Å². The number of carbonyl (C=O) groups is 1. The molecule has 0 saturated carbocycles. The van der Waals surface area contributed by atoms with Gasteiger partial charge in [0.1, 0.15) is 11.6 Å². The fourth-order valence-electron chi connectivity index (χ4n) is 2.21. The van der Waals surface area contributed by atoms with Crippen LogP contribution in [0.5, 0.6) is 0 Å². The van der Waals surface area contributed by atoms with Gasteiger partial charge in [0.05, 0.1) is 11.3 Å². The van der Waals surface area contributed by atoms with E-state index in [-0.39, 0.29) is 11.7 Å². The van der Waals surface area contributed by atoms with Gasteiger partial charge in [0.15, 0.2) is 0 Å². The Bertz CT molecular complexity index is 697. The first-order valence-corrected chi connectivity index (χ1v) is 7.17. The van der Waals surface area contributed by atoms with Gasteiger partial charge >= 0.3 is 5.97 Å². The van der Waals surface area contributed by atoms with Crippen molar-refractivity contribution in [3.8, 4) is 0 Å². The van der Waals surface area contributed by atoms with Crippen LogP contribution in [-0.4, -0.2) is 11.1 Å². The number of halogens is 2. The molecule has 0 saturated heterocycles. The number of hydrogen-bond donors (Lipinski definition) is 2. The van der Waals surface area contributed by atoms with Gasteiger partial charge < -0.3 is 10.4 Å². The lowest BCUT2D eigenvalue weighted by molar-refractivity contribution is 0.0692. The highest BCUT2D eigenvalue weighted by atomic mass is 32.1. The number of thiophene rings is 1. The van der Waals surface area contributed by atoms with E-state index >= 15 is 0 Å². The Morgan fingerprint density at radius 2 is 1.90 bits per heavy atom. The molecule has 2 aromatic rings. The third kappa shape index (κ3) is 3.21. The van der Waals surface area contributed by atoms with Crippen LogP contribution >= 0.6 is 11.3 Å². The van der Waals surface area contributed by atoms with Crippen molar-refractivity contribution in [2.24, 2.45) is 0 Å². The molecule has 1 aromatic carbocycles. The number of carboxylic acids is 1. The first-order chi connectivity index (χ1) is 9.79. The number of rotatable bonds is 4. The standard InChI is InChI=1S/C15H15F2NO2S/c1-7-4-10(9(3)21-7)8(2)18-14-5-11(15(19)20)12(16)6-13(14)17/h4-6,8,18H,1-3H3,(H,19,20). The molecule has 0 aliphatic rings. The van der Waals surface area contributed by atoms with Crippen LogP contribution in [0.25, 0.3) is 0 Å². The Balaban J connectivity index is 2.33. The van der Waals surface area contributed by atoms with E-state index in [1.807, 2.05) is 26.8 Å². The maximum atomic E-state index is 13.8. The van der Waals surface area contributed by atoms with Crippen molar-refractivity contribution in [1.82, 2.24) is 0 Å². The second-order valence-electron chi connectivity index (χ2n) is 4.85. The SMILES string of the molecule is Cc1cc(C(C)Nc2cc(C(=O)O)c(F)cc2F)c(C)s1. The van der Waals surface area contributed by atoms with Crippen LogP contribution in [0.15, 0.2) is 18.2 Å². The van der Waals surface area contributed by atoms with Gasteiger partial charge in [-0.05, 0) is 38.5 Å². The minimum atomic E-state index is -1.43. The molecule has 21 heavy (non-hydrogen) atoms. The van der Waals surface area contributed by atoms with E-state index in [1.165, 1.54) is 0 Å². The van der Waals surface area contributed by atoms with Crippen molar-refractivity contribution in [3.63, 3.8) is 0 Å². The average Bonchev–Trinajstić information content (AvgIpc) is 2.71. The molecule has 112 valence electrons. The van der Waals surface area contributed by atoms with Crippen LogP contribution in [0.1, 0.15) is 38.6 Å². The predicted octanol–water partition coefficient (Wildman–Crippen LogP) is 4.51. The van der Waals surface area contributed by atoms with Gasteiger partial charge in [-0.15, -0.1) is 11.3 Å². The summed E-state index contributed by atoms with van der Waals surface area (Å²) >= 11 is 1.63. The van der Waals surface area contributed by atoms with Gasteiger partial charge in [-0.25, -0.2) is 13.6 Å². The molecule has 0 fully saturated rings. The summed E-state index contributed by atoms with van der Waals surface area (Å²) in [6.45, 7) is 5.79. The normalized spacial score (nSPS) is 12.2. The third-order valence-electron chi connectivity index (χ3n) is 3.21. The number of aromatic carboxylic acids is 1. The maximum Gasteiger partial charge on any atom is 0.338 e. The Morgan fingerprint density at radius 1 is 1.24 bits per heavy atom. The minimum Gasteiger partial charge on any atom is -0.478 e. The van der Waals surface area contributed by atoms with E-state index in [2.05, 4.69) is 5.32 Å². The van der Waals surface area contributed by atoms with E-state index in [0.29, 0.717) is 6.07 Å². The van der Waals surface area contributed by atoms with Gasteiger partial charge in [-0.1, -0.05) is 0 Å². The second-order valence-corrected chi connectivity index (χ2v) is 6.31. The molecular formula is C15H15F2NO2S. The molecule has 2 N–H and O–H groups in total. The van der Waals surface area contributed by atoms with Crippen LogP contribution in [-0.2, 0) is 0 Å². The molecule has 0 aliphatic heterocycles. The Kier molecular flexibility index (Phi) is 4.27. The molecule has 0 spiro atoms. The van der Waals surface area contributed by atoms with E-state index in [9.17, 15) is 13.6 Å². The molecule has 1 aromatic heterocycles. The topological polar surface area (TPSA) is 49.3 Å². The molecule has 1 atom stereocenters. The van der Waals surface area contributed by atoms with Crippen molar-refractivity contribution >= 4 is 23.0 Å². The van der Waals surface area contributed by atoms with Crippen molar-refractivity contribution in [2.45, 2.75) is 26.8 Å². The summed E-state index contributed by atoms with van der Waals surface area (Å²) in [7, 11) is 0. The molecule has 1 heterocycles. The summed E-state index contributed by atoms with van der Waals surface area (Å²) in [5.74, 6) is -3.32. The van der Waals surface area contributed by atoms with Crippen molar-refractivity contribution in [2.75, 3.05) is 5.32 Å². The Hall–Kier alpha value is -1.95. The highest BCUT2D eigenvalue weighted by Gasteiger charge is 2.18. The molecule has 6 heteroatoms. The minimum absolute atomic E-state index is 0.0236. The fourth-order valence-corrected chi connectivity index (χ4v) is 3.24. The van der Waals surface area contributed by atoms with Crippen LogP contribution < -0.4 is 5.32 Å². The van der Waals surface area contributed by atoms with E-state index < -0.39 is 23.2 Å². The average molecular weight is 311 g/mol. The summed E-state index contributed by atoms with van der Waals surface area (Å²) in [6.07, 6.45) is 0. The summed E-state index contributed by atoms with van der Waals surface area (Å²) in [4.78, 5) is 13.2. The van der Waals surface area contributed by atoms with Gasteiger partial charge in [-0.3, -0.25) is 0 Å². The Labute approximate surface area is 125 Å². The monoisotopic (exact) mass is 311 g/mol. The van der Waals surface area contributed by atoms with Crippen LogP contribution in [0, 0.1) is 25.5 Å². The van der Waals surface area contributed by atoms with Crippen molar-refractivity contribution in [3.05, 3.63) is 50.7 Å². The first-order valence-electron chi connectivity index (χ1n) is 6.35. The summed E-state index contributed by atoms with van der Waals surface area (Å²) in [5, 5.41) is 11.8. The molecule has 2 rings (SSSR count). The van der Waals surface area contributed by atoms with Crippen LogP contribution in [0.3, 0.4) is 0 Å². The Morgan fingerprint density at radius 3 is 2.43 bits per heavy atom. The van der Waals surface area contributed by atoms with E-state index in [1.54, 1.807) is 11.3 Å². The zero-order valence-corrected chi connectivity index (χ0v) is 12.6. The van der Waals surface area contributed by atoms with Crippen molar-refractivity contribution in [1.29, 1.82) is 0 Å². The second kappa shape index (κ2) is 5.81. The third-order valence-corrected chi connectivity index (χ3v) is 4.19. The lowest BCUT2D eigenvalue weighted by Gasteiger charge is -2.16. The highest BCUT2D eigenvalue weighted by Crippen LogP contribution is 2.30. The highest BCUT2D eigenvalue weighted by molar-refractivity contribution is 7.12. The molecular weight excluding hydrogens is 296 g/mol. The number of nitrogens with one attached hydrogen (secondary N) is 1. The number of hydrogen-bond acceptors (Lipinski definition) is 3. The van der Waals surface area contributed by atoms with Gasteiger partial charge in [0, 0.05) is 21.9 Å². The smallest absolute Gasteiger partial charge is 0.338 e. The first kappa shape index (κ1) is 15.4. The summed E-state index contributed by atoms with van der Waals surface area (Å²) in [6, 6.07) is 3.36. The molecule has 0 radical (unpaired) electrons. The summed E-state index contributed by atoms with van der Waals surface area (Å²) in [5.41, 5.74) is 0.437. The molecule has 0 bridgehead atoms. The molecule has 3 nitrogen and oxygen atoms in total. The number of anilines is 1. The number of carboxylic acid groups (broad SMARTS) is 1. The summed E-state index contributed by atoms with van der Waals surface area (Å²) < 4.78 is 27.1. The number of benzene rings is 1. The van der Waals surface area contributed by atoms with E-state index in [4.69, 9.17) is 5.11 Å². The van der Waals surface area contributed by atoms with E-state index in [0.717, 1.165) is 21.4 Å².